The third-order valence-corrected chi connectivity index (χ3v) is 7.05. The second-order valence-electron chi connectivity index (χ2n) is 9.55. The SMILES string of the molecule is C[C@H](NC(=O)Cc1cncc(-c2ccc(CN3CCCCC3)cc2)c1)C1CCCCC1. The summed E-state index contributed by atoms with van der Waals surface area (Å²) in [4.78, 5) is 19.6. The molecule has 1 aromatic heterocycles. The molecule has 1 aliphatic heterocycles. The maximum Gasteiger partial charge on any atom is 0.224 e. The van der Waals surface area contributed by atoms with Gasteiger partial charge in [0.1, 0.15) is 0 Å². The summed E-state index contributed by atoms with van der Waals surface area (Å²) in [6.45, 7) is 5.64. The monoisotopic (exact) mass is 419 g/mol. The van der Waals surface area contributed by atoms with E-state index in [4.69, 9.17) is 0 Å². The highest BCUT2D eigenvalue weighted by molar-refractivity contribution is 5.79. The number of carbonyl (C=O) groups excluding carboxylic acids is 1. The van der Waals surface area contributed by atoms with Crippen molar-refractivity contribution in [2.75, 3.05) is 13.1 Å². The van der Waals surface area contributed by atoms with E-state index in [0.717, 1.165) is 23.2 Å². The smallest absolute Gasteiger partial charge is 0.224 e. The molecule has 2 fully saturated rings. The molecule has 0 bridgehead atoms. The van der Waals surface area contributed by atoms with E-state index in [1.165, 1.54) is 70.0 Å². The number of aromatic nitrogens is 1. The molecule has 2 heterocycles. The van der Waals surface area contributed by atoms with Gasteiger partial charge in [-0.05, 0) is 74.4 Å². The Kier molecular flexibility index (Phi) is 7.74. The fraction of sp³-hybridized carbons (Fsp3) is 0.556. The molecule has 1 N–H and O–H groups in total. The van der Waals surface area contributed by atoms with Crippen LogP contribution in [0.25, 0.3) is 11.1 Å². The van der Waals surface area contributed by atoms with Crippen molar-refractivity contribution >= 4 is 5.91 Å². The number of rotatable bonds is 7. The van der Waals surface area contributed by atoms with Crippen LogP contribution in [0.5, 0.6) is 0 Å². The molecule has 2 aromatic rings. The van der Waals surface area contributed by atoms with Crippen LogP contribution in [0.3, 0.4) is 0 Å². The fourth-order valence-corrected chi connectivity index (χ4v) is 5.16. The molecule has 0 unspecified atom stereocenters. The first kappa shape index (κ1) is 22.0. The molecule has 4 nitrogen and oxygen atoms in total. The zero-order valence-electron chi connectivity index (χ0n) is 19.0. The maximum atomic E-state index is 12.6. The van der Waals surface area contributed by atoms with Gasteiger partial charge in [0.05, 0.1) is 6.42 Å². The van der Waals surface area contributed by atoms with Gasteiger partial charge in [0.2, 0.25) is 5.91 Å². The average Bonchev–Trinajstić information content (AvgIpc) is 2.81. The molecule has 0 spiro atoms. The van der Waals surface area contributed by atoms with E-state index in [-0.39, 0.29) is 11.9 Å². The topological polar surface area (TPSA) is 45.2 Å². The number of amides is 1. The molecular weight excluding hydrogens is 382 g/mol. The van der Waals surface area contributed by atoms with Crippen molar-refractivity contribution in [3.63, 3.8) is 0 Å². The van der Waals surface area contributed by atoms with Gasteiger partial charge in [-0.15, -0.1) is 0 Å². The summed E-state index contributed by atoms with van der Waals surface area (Å²) in [5.41, 5.74) is 4.58. The Morgan fingerprint density at radius 1 is 0.968 bits per heavy atom. The van der Waals surface area contributed by atoms with Gasteiger partial charge in [-0.25, -0.2) is 0 Å². The molecule has 4 rings (SSSR count). The highest BCUT2D eigenvalue weighted by atomic mass is 16.1. The molecule has 166 valence electrons. The van der Waals surface area contributed by atoms with Crippen molar-refractivity contribution in [3.8, 4) is 11.1 Å². The van der Waals surface area contributed by atoms with Gasteiger partial charge in [-0.2, -0.15) is 0 Å². The van der Waals surface area contributed by atoms with E-state index in [0.29, 0.717) is 12.3 Å². The first-order valence-electron chi connectivity index (χ1n) is 12.2. The number of piperidine rings is 1. The number of carbonyl (C=O) groups is 1. The predicted octanol–water partition coefficient (Wildman–Crippen LogP) is 5.36. The summed E-state index contributed by atoms with van der Waals surface area (Å²) in [6, 6.07) is 11.2. The lowest BCUT2D eigenvalue weighted by Crippen LogP contribution is -2.39. The van der Waals surface area contributed by atoms with E-state index in [2.05, 4.69) is 52.5 Å². The molecule has 1 saturated carbocycles. The van der Waals surface area contributed by atoms with Crippen LogP contribution in [-0.2, 0) is 17.8 Å². The van der Waals surface area contributed by atoms with E-state index >= 15 is 0 Å². The van der Waals surface area contributed by atoms with E-state index < -0.39 is 0 Å². The quantitative estimate of drug-likeness (QED) is 0.657. The van der Waals surface area contributed by atoms with E-state index in [1.54, 1.807) is 0 Å². The highest BCUT2D eigenvalue weighted by Crippen LogP contribution is 2.26. The van der Waals surface area contributed by atoms with Gasteiger partial charge in [0.15, 0.2) is 0 Å². The van der Waals surface area contributed by atoms with Crippen LogP contribution in [-0.4, -0.2) is 34.9 Å². The third kappa shape index (κ3) is 6.39. The van der Waals surface area contributed by atoms with Gasteiger partial charge >= 0.3 is 0 Å². The first-order valence-corrected chi connectivity index (χ1v) is 12.2. The molecule has 1 aromatic carbocycles. The number of likely N-dealkylation sites (tertiary alicyclic amines) is 1. The molecule has 31 heavy (non-hydrogen) atoms. The first-order chi connectivity index (χ1) is 15.2. The number of hydrogen-bond donors (Lipinski definition) is 1. The van der Waals surface area contributed by atoms with Crippen LogP contribution >= 0.6 is 0 Å². The van der Waals surface area contributed by atoms with E-state index in [1.807, 2.05) is 12.4 Å². The summed E-state index contributed by atoms with van der Waals surface area (Å²) in [5, 5.41) is 3.23. The number of benzene rings is 1. The maximum absolute atomic E-state index is 12.6. The molecule has 1 atom stereocenters. The van der Waals surface area contributed by atoms with Crippen molar-refractivity contribution in [2.45, 2.75) is 77.3 Å². The number of nitrogens with zero attached hydrogens (tertiary/aromatic N) is 2. The van der Waals surface area contributed by atoms with Crippen LogP contribution in [0.15, 0.2) is 42.7 Å². The normalized spacial score (nSPS) is 19.1. The van der Waals surface area contributed by atoms with Crippen LogP contribution in [0.1, 0.15) is 69.4 Å². The standard InChI is InChI=1S/C27H37N3O/c1-21(24-8-4-2-5-9-24)29-27(31)17-23-16-26(19-28-18-23)25-12-10-22(11-13-25)20-30-14-6-3-7-15-30/h10-13,16,18-19,21,24H,2-9,14-15,17,20H2,1H3,(H,29,31)/t21-/m0/s1. The molecule has 1 saturated heterocycles. The highest BCUT2D eigenvalue weighted by Gasteiger charge is 2.21. The van der Waals surface area contributed by atoms with Gasteiger partial charge in [0.25, 0.3) is 0 Å². The lowest BCUT2D eigenvalue weighted by Gasteiger charge is -2.28. The summed E-state index contributed by atoms with van der Waals surface area (Å²) < 4.78 is 0. The van der Waals surface area contributed by atoms with Gasteiger partial charge < -0.3 is 5.32 Å². The fourth-order valence-electron chi connectivity index (χ4n) is 5.16. The van der Waals surface area contributed by atoms with Gasteiger partial charge in [0, 0.05) is 30.5 Å². The summed E-state index contributed by atoms with van der Waals surface area (Å²) >= 11 is 0. The van der Waals surface area contributed by atoms with Gasteiger partial charge in [-0.3, -0.25) is 14.7 Å². The Bertz CT molecular complexity index is 836. The van der Waals surface area contributed by atoms with Crippen LogP contribution in [0.4, 0.5) is 0 Å². The summed E-state index contributed by atoms with van der Waals surface area (Å²) in [6.07, 6.45) is 14.5. The molecular formula is C27H37N3O. The minimum absolute atomic E-state index is 0.105. The van der Waals surface area contributed by atoms with Crippen LogP contribution in [0.2, 0.25) is 0 Å². The number of nitrogens with one attached hydrogen (secondary N) is 1. The molecule has 2 aliphatic rings. The predicted molar refractivity (Wildman–Crippen MR) is 127 cm³/mol. The second-order valence-corrected chi connectivity index (χ2v) is 9.55. The Hall–Kier alpha value is -2.20. The van der Waals surface area contributed by atoms with Crippen LogP contribution < -0.4 is 5.32 Å². The Morgan fingerprint density at radius 3 is 2.42 bits per heavy atom. The average molecular weight is 420 g/mol. The second kappa shape index (κ2) is 10.9. The number of pyridine rings is 1. The minimum Gasteiger partial charge on any atom is -0.353 e. The number of hydrogen-bond acceptors (Lipinski definition) is 3. The zero-order valence-corrected chi connectivity index (χ0v) is 19.0. The van der Waals surface area contributed by atoms with Gasteiger partial charge in [-0.1, -0.05) is 49.9 Å². The van der Waals surface area contributed by atoms with Crippen molar-refractivity contribution in [1.29, 1.82) is 0 Å². The minimum atomic E-state index is 0.105. The van der Waals surface area contributed by atoms with Crippen molar-refractivity contribution < 1.29 is 4.79 Å². The summed E-state index contributed by atoms with van der Waals surface area (Å²) in [5.74, 6) is 0.736. The Balaban J connectivity index is 1.33. The third-order valence-electron chi connectivity index (χ3n) is 7.05. The van der Waals surface area contributed by atoms with Crippen molar-refractivity contribution in [3.05, 3.63) is 53.9 Å². The zero-order chi connectivity index (χ0) is 21.5. The molecule has 4 heteroatoms. The van der Waals surface area contributed by atoms with Crippen molar-refractivity contribution in [1.82, 2.24) is 15.2 Å². The van der Waals surface area contributed by atoms with Crippen molar-refractivity contribution in [2.24, 2.45) is 5.92 Å². The summed E-state index contributed by atoms with van der Waals surface area (Å²) in [7, 11) is 0. The van der Waals surface area contributed by atoms with Crippen LogP contribution in [0, 0.1) is 5.92 Å². The molecule has 0 radical (unpaired) electrons. The lowest BCUT2D eigenvalue weighted by atomic mass is 9.84. The lowest BCUT2D eigenvalue weighted by molar-refractivity contribution is -0.121. The van der Waals surface area contributed by atoms with E-state index in [9.17, 15) is 4.79 Å². The molecule has 1 amide bonds. The molecule has 1 aliphatic carbocycles. The Morgan fingerprint density at radius 2 is 1.68 bits per heavy atom. The largest absolute Gasteiger partial charge is 0.353 e. The Labute approximate surface area is 187 Å².